The van der Waals surface area contributed by atoms with Crippen LogP contribution >= 0.6 is 23.1 Å². The Morgan fingerprint density at radius 3 is 2.74 bits per heavy atom. The van der Waals surface area contributed by atoms with Gasteiger partial charge in [-0.2, -0.15) is 11.8 Å². The number of aromatic nitrogens is 1. The number of rotatable bonds is 11. The first-order valence-electron chi connectivity index (χ1n) is 12.9. The van der Waals surface area contributed by atoms with E-state index in [1.165, 1.54) is 27.5 Å². The summed E-state index contributed by atoms with van der Waals surface area (Å²) in [5.41, 5.74) is 3.56. The lowest BCUT2D eigenvalue weighted by molar-refractivity contribution is -0.121. The molecule has 188 valence electrons. The van der Waals surface area contributed by atoms with Gasteiger partial charge in [-0.05, 0) is 42.7 Å². The van der Waals surface area contributed by atoms with Crippen LogP contribution in [-0.2, 0) is 24.1 Å². The maximum Gasteiger partial charge on any atom is 0.220 e. The summed E-state index contributed by atoms with van der Waals surface area (Å²) in [5.74, 6) is 3.74. The van der Waals surface area contributed by atoms with Crippen molar-refractivity contribution in [1.82, 2.24) is 15.2 Å². The normalized spacial score (nSPS) is 18.9. The van der Waals surface area contributed by atoms with E-state index in [0.717, 1.165) is 49.6 Å². The largest absolute Gasteiger partial charge is 0.353 e. The van der Waals surface area contributed by atoms with Crippen molar-refractivity contribution in [2.24, 2.45) is 11.8 Å². The molecule has 35 heavy (non-hydrogen) atoms. The number of nitrogens with one attached hydrogen (secondary N) is 1. The van der Waals surface area contributed by atoms with Crippen molar-refractivity contribution in [3.8, 4) is 0 Å². The summed E-state index contributed by atoms with van der Waals surface area (Å²) in [6.45, 7) is 12.1. The van der Waals surface area contributed by atoms with Crippen LogP contribution < -0.4 is 5.32 Å². The number of amides is 1. The summed E-state index contributed by atoms with van der Waals surface area (Å²) in [5, 5.41) is 4.40. The molecule has 6 heteroatoms. The Bertz CT molecular complexity index is 1010. The molecule has 1 aliphatic carbocycles. The molecule has 0 spiro atoms. The van der Waals surface area contributed by atoms with Crippen LogP contribution in [0, 0.1) is 11.8 Å². The van der Waals surface area contributed by atoms with Crippen molar-refractivity contribution in [1.29, 1.82) is 0 Å². The Labute approximate surface area is 219 Å². The van der Waals surface area contributed by atoms with E-state index < -0.39 is 0 Å². The highest BCUT2D eigenvalue weighted by Gasteiger charge is 2.21. The van der Waals surface area contributed by atoms with Gasteiger partial charge in [-0.1, -0.05) is 62.4 Å². The second-order valence-electron chi connectivity index (χ2n) is 10.2. The van der Waals surface area contributed by atoms with Crippen molar-refractivity contribution < 1.29 is 4.79 Å². The predicted octanol–water partition coefficient (Wildman–Crippen LogP) is 5.64. The van der Waals surface area contributed by atoms with Crippen LogP contribution in [0.1, 0.15) is 47.8 Å². The molecule has 1 aromatic heterocycles. The summed E-state index contributed by atoms with van der Waals surface area (Å²) >= 11 is 3.81. The number of benzene rings is 1. The molecule has 1 aromatic carbocycles. The lowest BCUT2D eigenvalue weighted by atomic mass is 9.88. The Balaban J connectivity index is 1.31. The summed E-state index contributed by atoms with van der Waals surface area (Å²) in [6, 6.07) is 10.5. The zero-order valence-electron chi connectivity index (χ0n) is 21.2. The standard InChI is InChI=1S/C29H39N3OS2/c1-21(2)24-9-10-26-27(19-24)35-29(31-26)12-11-28(33)30-25(18-23-7-5-4-6-8-23)17-22(3)20-32-13-15-34-16-14-32/h4-10,21,24-25H,3,11-20H2,1-2H3,(H,30,33). The monoisotopic (exact) mass is 509 g/mol. The van der Waals surface area contributed by atoms with Crippen LogP contribution in [0.5, 0.6) is 0 Å². The third-order valence-electron chi connectivity index (χ3n) is 6.89. The van der Waals surface area contributed by atoms with Crippen molar-refractivity contribution in [2.45, 2.75) is 52.0 Å². The molecular formula is C29H39N3OS2. The van der Waals surface area contributed by atoms with Crippen molar-refractivity contribution in [3.63, 3.8) is 0 Å². The number of thioether (sulfide) groups is 1. The fourth-order valence-corrected chi connectivity index (χ4v) is 6.94. The van der Waals surface area contributed by atoms with Gasteiger partial charge < -0.3 is 5.32 Å². The molecule has 1 N–H and O–H groups in total. The molecule has 1 fully saturated rings. The van der Waals surface area contributed by atoms with Crippen LogP contribution in [-0.4, -0.2) is 53.0 Å². The van der Waals surface area contributed by atoms with E-state index in [4.69, 9.17) is 4.98 Å². The molecule has 4 nitrogen and oxygen atoms in total. The van der Waals surface area contributed by atoms with E-state index in [-0.39, 0.29) is 11.9 Å². The van der Waals surface area contributed by atoms with Crippen molar-refractivity contribution in [2.75, 3.05) is 31.1 Å². The third kappa shape index (κ3) is 8.06. The number of aryl methyl sites for hydroxylation is 1. The van der Waals surface area contributed by atoms with E-state index >= 15 is 0 Å². The first kappa shape index (κ1) is 26.2. The molecule has 2 aliphatic rings. The fourth-order valence-electron chi connectivity index (χ4n) is 4.83. The van der Waals surface area contributed by atoms with Gasteiger partial charge in [-0.15, -0.1) is 11.3 Å². The summed E-state index contributed by atoms with van der Waals surface area (Å²) in [4.78, 5) is 21.6. The summed E-state index contributed by atoms with van der Waals surface area (Å²) < 4.78 is 0. The van der Waals surface area contributed by atoms with Crippen molar-refractivity contribution >= 4 is 35.1 Å². The van der Waals surface area contributed by atoms with Crippen LogP contribution in [0.15, 0.2) is 48.6 Å². The minimum Gasteiger partial charge on any atom is -0.353 e. The van der Waals surface area contributed by atoms with Crippen molar-refractivity contribution in [3.05, 3.63) is 69.7 Å². The van der Waals surface area contributed by atoms with E-state index in [1.807, 2.05) is 17.8 Å². The van der Waals surface area contributed by atoms with Crippen LogP contribution in [0.3, 0.4) is 0 Å². The van der Waals surface area contributed by atoms with Gasteiger partial charge in [-0.25, -0.2) is 4.98 Å². The second-order valence-corrected chi connectivity index (χ2v) is 12.6. The highest BCUT2D eigenvalue weighted by molar-refractivity contribution is 7.99. The van der Waals surface area contributed by atoms with Crippen LogP contribution in [0.4, 0.5) is 0 Å². The minimum atomic E-state index is 0.0656. The highest BCUT2D eigenvalue weighted by Crippen LogP contribution is 2.31. The van der Waals surface area contributed by atoms with Gasteiger partial charge in [0.25, 0.3) is 0 Å². The van der Waals surface area contributed by atoms with E-state index in [1.54, 1.807) is 11.3 Å². The quantitative estimate of drug-likeness (QED) is 0.398. The average Bonchev–Trinajstić information content (AvgIpc) is 3.26. The van der Waals surface area contributed by atoms with Gasteiger partial charge in [0.1, 0.15) is 0 Å². The number of hydrogen-bond acceptors (Lipinski definition) is 5. The predicted molar refractivity (Wildman–Crippen MR) is 151 cm³/mol. The lowest BCUT2D eigenvalue weighted by Crippen LogP contribution is -2.39. The van der Waals surface area contributed by atoms with Gasteiger partial charge in [0, 0.05) is 54.9 Å². The maximum absolute atomic E-state index is 13.0. The molecule has 2 unspecified atom stereocenters. The maximum atomic E-state index is 13.0. The van der Waals surface area contributed by atoms with Crippen LogP contribution in [0.25, 0.3) is 6.08 Å². The molecule has 1 aliphatic heterocycles. The molecule has 2 heterocycles. The molecule has 1 saturated heterocycles. The SMILES string of the molecule is C=C(CC(Cc1ccccc1)NC(=O)CCc1nc2c(s1)CC(C(C)C)C=C2)CN1CCSCC1. The number of fused-ring (bicyclic) bond motifs is 1. The molecule has 1 amide bonds. The second kappa shape index (κ2) is 12.9. The Morgan fingerprint density at radius 2 is 2.00 bits per heavy atom. The van der Waals surface area contributed by atoms with Gasteiger partial charge in [-0.3, -0.25) is 9.69 Å². The molecular weight excluding hydrogens is 470 g/mol. The molecule has 2 atom stereocenters. The summed E-state index contributed by atoms with van der Waals surface area (Å²) in [6.07, 6.45) is 8.37. The van der Waals surface area contributed by atoms with Gasteiger partial charge in [0.05, 0.1) is 10.7 Å². The minimum absolute atomic E-state index is 0.0656. The third-order valence-corrected chi connectivity index (χ3v) is 8.99. The molecule has 0 radical (unpaired) electrons. The van der Waals surface area contributed by atoms with E-state index in [0.29, 0.717) is 24.7 Å². The number of carbonyl (C=O) groups excluding carboxylic acids is 1. The first-order valence-corrected chi connectivity index (χ1v) is 14.9. The van der Waals surface area contributed by atoms with Crippen LogP contribution in [0.2, 0.25) is 0 Å². The zero-order chi connectivity index (χ0) is 24.6. The van der Waals surface area contributed by atoms with Gasteiger partial charge in [0.2, 0.25) is 5.91 Å². The van der Waals surface area contributed by atoms with Gasteiger partial charge in [0.15, 0.2) is 0 Å². The topological polar surface area (TPSA) is 45.2 Å². The summed E-state index contributed by atoms with van der Waals surface area (Å²) in [7, 11) is 0. The number of nitrogens with zero attached hydrogens (tertiary/aromatic N) is 2. The molecule has 2 aromatic rings. The number of carbonyl (C=O) groups is 1. The number of hydrogen-bond donors (Lipinski definition) is 1. The zero-order valence-corrected chi connectivity index (χ0v) is 22.8. The number of thiazole rings is 1. The molecule has 0 saturated carbocycles. The fraction of sp³-hybridized carbons (Fsp3) is 0.517. The smallest absolute Gasteiger partial charge is 0.220 e. The Morgan fingerprint density at radius 1 is 1.23 bits per heavy atom. The Hall–Kier alpha value is -1.89. The lowest BCUT2D eigenvalue weighted by Gasteiger charge is -2.28. The van der Waals surface area contributed by atoms with E-state index in [9.17, 15) is 4.79 Å². The average molecular weight is 510 g/mol. The Kier molecular flexibility index (Phi) is 9.64. The number of allylic oxidation sites excluding steroid dienone is 1. The molecule has 4 rings (SSSR count). The van der Waals surface area contributed by atoms with Gasteiger partial charge >= 0.3 is 0 Å². The first-order chi connectivity index (χ1) is 17.0. The van der Waals surface area contributed by atoms with E-state index in [2.05, 4.69) is 67.1 Å². The highest BCUT2D eigenvalue weighted by atomic mass is 32.2. The molecule has 0 bridgehead atoms.